The van der Waals surface area contributed by atoms with Gasteiger partial charge in [0.05, 0.1) is 11.4 Å². The van der Waals surface area contributed by atoms with Gasteiger partial charge in [-0.2, -0.15) is 0 Å². The standard InChI is InChI=1S/C12H9N3/c1-3-9-5-6-11(10-4-2-7-13-10)15-12(9)14-8-1/h1-8,13H. The maximum atomic E-state index is 4.48. The van der Waals surface area contributed by atoms with Gasteiger partial charge in [0.25, 0.3) is 0 Å². The zero-order valence-corrected chi connectivity index (χ0v) is 8.01. The molecule has 0 bridgehead atoms. The van der Waals surface area contributed by atoms with Gasteiger partial charge in [0.1, 0.15) is 0 Å². The lowest BCUT2D eigenvalue weighted by atomic mass is 10.2. The molecule has 0 unspecified atom stereocenters. The van der Waals surface area contributed by atoms with Crippen molar-refractivity contribution in [3.63, 3.8) is 0 Å². The number of aromatic nitrogens is 3. The number of H-pyrrole nitrogens is 1. The Bertz CT molecular complexity index is 585. The van der Waals surface area contributed by atoms with E-state index in [0.29, 0.717) is 0 Å². The highest BCUT2D eigenvalue weighted by atomic mass is 14.9. The molecule has 0 aliphatic carbocycles. The molecule has 0 aromatic carbocycles. The van der Waals surface area contributed by atoms with Crippen LogP contribution in [0.15, 0.2) is 48.8 Å². The first kappa shape index (κ1) is 8.17. The molecule has 3 heterocycles. The number of nitrogens with one attached hydrogen (secondary N) is 1. The van der Waals surface area contributed by atoms with Crippen LogP contribution in [0.3, 0.4) is 0 Å². The number of fused-ring (bicyclic) bond motifs is 1. The molecule has 0 amide bonds. The van der Waals surface area contributed by atoms with E-state index >= 15 is 0 Å². The molecule has 1 N–H and O–H groups in total. The molecule has 0 saturated carbocycles. The second kappa shape index (κ2) is 3.20. The Kier molecular flexibility index (Phi) is 1.75. The van der Waals surface area contributed by atoms with Crippen molar-refractivity contribution in [2.45, 2.75) is 0 Å². The van der Waals surface area contributed by atoms with Gasteiger partial charge in [-0.1, -0.05) is 0 Å². The lowest BCUT2D eigenvalue weighted by molar-refractivity contribution is 1.26. The molecule has 15 heavy (non-hydrogen) atoms. The van der Waals surface area contributed by atoms with Crippen LogP contribution in [0.1, 0.15) is 0 Å². The van der Waals surface area contributed by atoms with Crippen molar-refractivity contribution in [3.05, 3.63) is 48.8 Å². The van der Waals surface area contributed by atoms with Crippen LogP contribution >= 0.6 is 0 Å². The highest BCUT2D eigenvalue weighted by molar-refractivity contribution is 5.77. The Morgan fingerprint density at radius 1 is 1.00 bits per heavy atom. The van der Waals surface area contributed by atoms with Crippen molar-refractivity contribution in [2.24, 2.45) is 0 Å². The Hall–Kier alpha value is -2.16. The minimum atomic E-state index is 0.782. The van der Waals surface area contributed by atoms with Gasteiger partial charge in [0.2, 0.25) is 0 Å². The largest absolute Gasteiger partial charge is 0.360 e. The van der Waals surface area contributed by atoms with Crippen LogP contribution in [0.2, 0.25) is 0 Å². The van der Waals surface area contributed by atoms with Gasteiger partial charge in [-0.3, -0.25) is 0 Å². The van der Waals surface area contributed by atoms with E-state index in [1.807, 2.05) is 42.6 Å². The molecule has 0 fully saturated rings. The zero-order chi connectivity index (χ0) is 10.1. The smallest absolute Gasteiger partial charge is 0.159 e. The Morgan fingerprint density at radius 2 is 2.00 bits per heavy atom. The fraction of sp³-hybridized carbons (Fsp3) is 0. The van der Waals surface area contributed by atoms with Crippen LogP contribution in [0.5, 0.6) is 0 Å². The van der Waals surface area contributed by atoms with Gasteiger partial charge in [0, 0.05) is 17.8 Å². The fourth-order valence-electron chi connectivity index (χ4n) is 1.59. The predicted octanol–water partition coefficient (Wildman–Crippen LogP) is 2.62. The number of aromatic amines is 1. The second-order valence-corrected chi connectivity index (χ2v) is 3.33. The van der Waals surface area contributed by atoms with Gasteiger partial charge in [-0.15, -0.1) is 0 Å². The average molecular weight is 195 g/mol. The Labute approximate surface area is 86.8 Å². The van der Waals surface area contributed by atoms with E-state index in [2.05, 4.69) is 15.0 Å². The molecule has 0 radical (unpaired) electrons. The predicted molar refractivity (Wildman–Crippen MR) is 59.3 cm³/mol. The highest BCUT2D eigenvalue weighted by Crippen LogP contribution is 2.17. The molecule has 0 spiro atoms. The lowest BCUT2D eigenvalue weighted by Gasteiger charge is -1.99. The van der Waals surface area contributed by atoms with Crippen LogP contribution in [0, 0.1) is 0 Å². The van der Waals surface area contributed by atoms with E-state index in [9.17, 15) is 0 Å². The van der Waals surface area contributed by atoms with E-state index in [1.165, 1.54) is 0 Å². The number of rotatable bonds is 1. The van der Waals surface area contributed by atoms with Crippen molar-refractivity contribution in [1.82, 2.24) is 15.0 Å². The molecular weight excluding hydrogens is 186 g/mol. The van der Waals surface area contributed by atoms with Crippen molar-refractivity contribution >= 4 is 11.0 Å². The summed E-state index contributed by atoms with van der Waals surface area (Å²) in [7, 11) is 0. The lowest BCUT2D eigenvalue weighted by Crippen LogP contribution is -1.87. The minimum Gasteiger partial charge on any atom is -0.360 e. The number of pyridine rings is 2. The molecule has 72 valence electrons. The third-order valence-electron chi connectivity index (χ3n) is 2.34. The van der Waals surface area contributed by atoms with Crippen LogP contribution in [0.4, 0.5) is 0 Å². The summed E-state index contributed by atoms with van der Waals surface area (Å²) in [4.78, 5) is 11.8. The summed E-state index contributed by atoms with van der Waals surface area (Å²) in [6.07, 6.45) is 3.65. The summed E-state index contributed by atoms with van der Waals surface area (Å²) >= 11 is 0. The molecule has 3 aromatic heterocycles. The molecule has 3 nitrogen and oxygen atoms in total. The second-order valence-electron chi connectivity index (χ2n) is 3.33. The first-order chi connectivity index (χ1) is 7.43. The van der Waals surface area contributed by atoms with Gasteiger partial charge in [-0.25, -0.2) is 9.97 Å². The van der Waals surface area contributed by atoms with Gasteiger partial charge < -0.3 is 4.98 Å². The average Bonchev–Trinajstić information content (AvgIpc) is 2.82. The monoisotopic (exact) mass is 195 g/mol. The SMILES string of the molecule is c1c[nH]c(-c2ccc3cccnc3n2)c1. The maximum absolute atomic E-state index is 4.48. The molecule has 3 heteroatoms. The summed E-state index contributed by atoms with van der Waals surface area (Å²) in [6, 6.07) is 11.9. The first-order valence-corrected chi connectivity index (χ1v) is 4.79. The first-order valence-electron chi connectivity index (χ1n) is 4.79. The van der Waals surface area contributed by atoms with E-state index in [0.717, 1.165) is 22.4 Å². The van der Waals surface area contributed by atoms with Crippen LogP contribution in [-0.2, 0) is 0 Å². The van der Waals surface area contributed by atoms with Crippen molar-refractivity contribution in [3.8, 4) is 11.4 Å². The molecule has 0 aliphatic rings. The fourth-order valence-corrected chi connectivity index (χ4v) is 1.59. The van der Waals surface area contributed by atoms with Crippen molar-refractivity contribution < 1.29 is 0 Å². The molecule has 3 aromatic rings. The maximum Gasteiger partial charge on any atom is 0.159 e. The third-order valence-corrected chi connectivity index (χ3v) is 2.34. The molecule has 3 rings (SSSR count). The van der Waals surface area contributed by atoms with Crippen LogP contribution < -0.4 is 0 Å². The highest BCUT2D eigenvalue weighted by Gasteiger charge is 2.01. The zero-order valence-electron chi connectivity index (χ0n) is 8.01. The quantitative estimate of drug-likeness (QED) is 0.648. The van der Waals surface area contributed by atoms with E-state index in [-0.39, 0.29) is 0 Å². The van der Waals surface area contributed by atoms with E-state index in [1.54, 1.807) is 6.20 Å². The number of hydrogen-bond donors (Lipinski definition) is 1. The van der Waals surface area contributed by atoms with Gasteiger partial charge in [0.15, 0.2) is 5.65 Å². The van der Waals surface area contributed by atoms with E-state index in [4.69, 9.17) is 0 Å². The molecule has 0 aliphatic heterocycles. The summed E-state index contributed by atoms with van der Waals surface area (Å²) in [6.45, 7) is 0. The molecule has 0 atom stereocenters. The minimum absolute atomic E-state index is 0.782. The van der Waals surface area contributed by atoms with Gasteiger partial charge >= 0.3 is 0 Å². The Balaban J connectivity index is 2.22. The third kappa shape index (κ3) is 1.38. The van der Waals surface area contributed by atoms with Crippen LogP contribution in [-0.4, -0.2) is 15.0 Å². The normalized spacial score (nSPS) is 10.7. The van der Waals surface area contributed by atoms with Gasteiger partial charge in [-0.05, 0) is 36.4 Å². The summed E-state index contributed by atoms with van der Waals surface area (Å²) < 4.78 is 0. The van der Waals surface area contributed by atoms with E-state index < -0.39 is 0 Å². The topological polar surface area (TPSA) is 41.6 Å². The van der Waals surface area contributed by atoms with Crippen molar-refractivity contribution in [1.29, 1.82) is 0 Å². The number of nitrogens with zero attached hydrogens (tertiary/aromatic N) is 2. The molecular formula is C12H9N3. The van der Waals surface area contributed by atoms with Crippen molar-refractivity contribution in [2.75, 3.05) is 0 Å². The summed E-state index contributed by atoms with van der Waals surface area (Å²) in [5, 5.41) is 1.06. The summed E-state index contributed by atoms with van der Waals surface area (Å²) in [5.74, 6) is 0. The summed E-state index contributed by atoms with van der Waals surface area (Å²) in [5.41, 5.74) is 2.72. The Morgan fingerprint density at radius 3 is 2.87 bits per heavy atom. The number of hydrogen-bond acceptors (Lipinski definition) is 2. The van der Waals surface area contributed by atoms with Crippen LogP contribution in [0.25, 0.3) is 22.4 Å². The molecule has 0 saturated heterocycles.